The Labute approximate surface area is 176 Å². The molecule has 0 bridgehead atoms. The molecule has 1 amide bonds. The molecule has 150 valence electrons. The van der Waals surface area contributed by atoms with E-state index in [4.69, 9.17) is 4.98 Å². The number of hydrogen-bond acceptors (Lipinski definition) is 6. The third kappa shape index (κ3) is 3.17. The summed E-state index contributed by atoms with van der Waals surface area (Å²) in [6.07, 6.45) is 4.98. The minimum Gasteiger partial charge on any atom is -0.325 e. The summed E-state index contributed by atoms with van der Waals surface area (Å²) in [6, 6.07) is 11.1. The Kier molecular flexibility index (Phi) is 4.59. The summed E-state index contributed by atoms with van der Waals surface area (Å²) in [7, 11) is 0. The van der Waals surface area contributed by atoms with Crippen LogP contribution in [-0.2, 0) is 4.79 Å². The molecule has 1 unspecified atom stereocenters. The van der Waals surface area contributed by atoms with E-state index in [9.17, 15) is 9.59 Å². The first kappa shape index (κ1) is 18.6. The standard InChI is InChI=1S/C21H18N6O2S/c1-13-5-2-3-7-17(13)27-19-16(11-23-27)20(29)26-15(12-30-21(26)25-19)9-18(28)24-14-6-4-8-22-10-14/h2-8,10-11,15H,9,12H2,1H3,(H,24,28). The van der Waals surface area contributed by atoms with Gasteiger partial charge < -0.3 is 5.32 Å². The lowest BCUT2D eigenvalue weighted by Gasteiger charge is -2.13. The summed E-state index contributed by atoms with van der Waals surface area (Å²) in [5.74, 6) is 0.455. The lowest BCUT2D eigenvalue weighted by Crippen LogP contribution is -2.27. The SMILES string of the molecule is Cc1ccccc1-n1ncc2c(=O)n3c(nc21)SCC3CC(=O)Nc1cccnc1. The number of pyridine rings is 1. The molecule has 8 nitrogen and oxygen atoms in total. The van der Waals surface area contributed by atoms with Gasteiger partial charge in [-0.1, -0.05) is 30.0 Å². The predicted octanol–water partition coefficient (Wildman–Crippen LogP) is 2.96. The van der Waals surface area contributed by atoms with Crippen molar-refractivity contribution in [2.24, 2.45) is 0 Å². The number of anilines is 1. The average Bonchev–Trinajstić information content (AvgIpc) is 3.34. The molecule has 1 aromatic carbocycles. The summed E-state index contributed by atoms with van der Waals surface area (Å²) in [5, 5.41) is 8.30. The Morgan fingerprint density at radius 3 is 2.90 bits per heavy atom. The van der Waals surface area contributed by atoms with E-state index in [1.165, 1.54) is 11.8 Å². The van der Waals surface area contributed by atoms with Crippen LogP contribution in [0.4, 0.5) is 5.69 Å². The fourth-order valence-corrected chi connectivity index (χ4v) is 4.75. The monoisotopic (exact) mass is 418 g/mol. The Balaban J connectivity index is 1.48. The number of amides is 1. The number of benzene rings is 1. The smallest absolute Gasteiger partial charge is 0.265 e. The van der Waals surface area contributed by atoms with Gasteiger partial charge in [0.25, 0.3) is 5.56 Å². The van der Waals surface area contributed by atoms with Crippen molar-refractivity contribution in [1.29, 1.82) is 0 Å². The lowest BCUT2D eigenvalue weighted by atomic mass is 10.2. The van der Waals surface area contributed by atoms with Crippen LogP contribution in [0.5, 0.6) is 0 Å². The maximum Gasteiger partial charge on any atom is 0.265 e. The molecule has 1 N–H and O–H groups in total. The zero-order chi connectivity index (χ0) is 20.7. The number of aryl methyl sites for hydroxylation is 1. The Morgan fingerprint density at radius 2 is 2.10 bits per heavy atom. The van der Waals surface area contributed by atoms with E-state index in [-0.39, 0.29) is 23.9 Å². The molecule has 0 radical (unpaired) electrons. The van der Waals surface area contributed by atoms with Crippen LogP contribution in [0.15, 0.2) is 64.9 Å². The Morgan fingerprint density at radius 1 is 1.23 bits per heavy atom. The number of rotatable bonds is 4. The van der Waals surface area contributed by atoms with Crippen molar-refractivity contribution < 1.29 is 4.79 Å². The number of nitrogens with one attached hydrogen (secondary N) is 1. The molecule has 4 heterocycles. The highest BCUT2D eigenvalue weighted by molar-refractivity contribution is 7.99. The first-order valence-corrected chi connectivity index (χ1v) is 10.5. The highest BCUT2D eigenvalue weighted by atomic mass is 32.2. The van der Waals surface area contributed by atoms with Gasteiger partial charge in [-0.2, -0.15) is 5.10 Å². The highest BCUT2D eigenvalue weighted by Crippen LogP contribution is 2.33. The molecule has 0 aliphatic carbocycles. The molecule has 4 aromatic rings. The van der Waals surface area contributed by atoms with Gasteiger partial charge >= 0.3 is 0 Å². The van der Waals surface area contributed by atoms with Crippen LogP contribution in [0.3, 0.4) is 0 Å². The van der Waals surface area contributed by atoms with Crippen LogP contribution < -0.4 is 10.9 Å². The van der Waals surface area contributed by atoms with Crippen LogP contribution in [0, 0.1) is 6.92 Å². The lowest BCUT2D eigenvalue weighted by molar-refractivity contribution is -0.116. The fourth-order valence-electron chi connectivity index (χ4n) is 3.62. The van der Waals surface area contributed by atoms with Gasteiger partial charge in [0.05, 0.1) is 29.8 Å². The third-order valence-corrected chi connectivity index (χ3v) is 6.18. The van der Waals surface area contributed by atoms with Crippen LogP contribution in [0.25, 0.3) is 16.7 Å². The van der Waals surface area contributed by atoms with Crippen LogP contribution in [0.2, 0.25) is 0 Å². The van der Waals surface area contributed by atoms with E-state index >= 15 is 0 Å². The molecule has 0 fully saturated rings. The minimum absolute atomic E-state index is 0.163. The van der Waals surface area contributed by atoms with E-state index in [0.29, 0.717) is 27.6 Å². The largest absolute Gasteiger partial charge is 0.325 e. The molecular formula is C21H18N6O2S. The maximum atomic E-state index is 13.2. The molecular weight excluding hydrogens is 400 g/mol. The quantitative estimate of drug-likeness (QED) is 0.512. The highest BCUT2D eigenvalue weighted by Gasteiger charge is 2.29. The summed E-state index contributed by atoms with van der Waals surface area (Å²) in [4.78, 5) is 34.4. The van der Waals surface area contributed by atoms with Crippen molar-refractivity contribution >= 4 is 34.4 Å². The summed E-state index contributed by atoms with van der Waals surface area (Å²) in [5.41, 5.74) is 2.93. The molecule has 9 heteroatoms. The molecule has 5 rings (SSSR count). The zero-order valence-corrected chi connectivity index (χ0v) is 17.0. The third-order valence-electron chi connectivity index (χ3n) is 5.08. The molecule has 0 spiro atoms. The van der Waals surface area contributed by atoms with E-state index in [1.807, 2.05) is 31.2 Å². The van der Waals surface area contributed by atoms with Gasteiger partial charge in [-0.15, -0.1) is 0 Å². The molecule has 1 atom stereocenters. The van der Waals surface area contributed by atoms with Crippen molar-refractivity contribution in [1.82, 2.24) is 24.3 Å². The molecule has 0 saturated heterocycles. The predicted molar refractivity (Wildman–Crippen MR) is 115 cm³/mol. The van der Waals surface area contributed by atoms with Crippen molar-refractivity contribution in [3.63, 3.8) is 0 Å². The summed E-state index contributed by atoms with van der Waals surface area (Å²) < 4.78 is 3.33. The molecule has 30 heavy (non-hydrogen) atoms. The van der Waals surface area contributed by atoms with Crippen LogP contribution >= 0.6 is 11.8 Å². The number of para-hydroxylation sites is 1. The maximum absolute atomic E-state index is 13.2. The topological polar surface area (TPSA) is 94.7 Å². The van der Waals surface area contributed by atoms with Crippen molar-refractivity contribution in [2.45, 2.75) is 24.5 Å². The van der Waals surface area contributed by atoms with Crippen molar-refractivity contribution in [2.75, 3.05) is 11.1 Å². The van der Waals surface area contributed by atoms with E-state index in [2.05, 4.69) is 15.4 Å². The van der Waals surface area contributed by atoms with Gasteiger partial charge in [-0.25, -0.2) is 9.67 Å². The van der Waals surface area contributed by atoms with Gasteiger partial charge in [0.2, 0.25) is 5.91 Å². The molecule has 1 aliphatic heterocycles. The summed E-state index contributed by atoms with van der Waals surface area (Å²) >= 11 is 1.48. The van der Waals surface area contributed by atoms with Gasteiger partial charge in [-0.05, 0) is 30.7 Å². The van der Waals surface area contributed by atoms with E-state index in [0.717, 1.165) is 11.3 Å². The Bertz CT molecular complexity index is 1310. The second kappa shape index (κ2) is 7.42. The van der Waals surface area contributed by atoms with Gasteiger partial charge in [0.1, 0.15) is 5.39 Å². The minimum atomic E-state index is -0.257. The number of aromatic nitrogens is 5. The normalized spacial score (nSPS) is 15.3. The van der Waals surface area contributed by atoms with Gasteiger partial charge in [-0.3, -0.25) is 19.1 Å². The number of fused-ring (bicyclic) bond motifs is 2. The zero-order valence-electron chi connectivity index (χ0n) is 16.1. The molecule has 3 aromatic heterocycles. The van der Waals surface area contributed by atoms with Gasteiger partial charge in [0, 0.05) is 18.4 Å². The van der Waals surface area contributed by atoms with E-state index in [1.54, 1.807) is 40.0 Å². The first-order valence-electron chi connectivity index (χ1n) is 9.51. The number of carbonyl (C=O) groups is 1. The fraction of sp³-hybridized carbons (Fsp3) is 0.190. The van der Waals surface area contributed by atoms with Crippen molar-refractivity contribution in [3.8, 4) is 5.69 Å². The first-order chi connectivity index (χ1) is 14.6. The second-order valence-corrected chi connectivity index (χ2v) is 8.10. The Hall–Kier alpha value is -3.46. The number of thioether (sulfide) groups is 1. The number of hydrogen-bond donors (Lipinski definition) is 1. The second-order valence-electron chi connectivity index (χ2n) is 7.11. The van der Waals surface area contributed by atoms with Crippen molar-refractivity contribution in [3.05, 3.63) is 70.9 Å². The summed E-state index contributed by atoms with van der Waals surface area (Å²) in [6.45, 7) is 1.99. The number of nitrogens with zero attached hydrogens (tertiary/aromatic N) is 5. The average molecular weight is 418 g/mol. The van der Waals surface area contributed by atoms with Crippen LogP contribution in [-0.4, -0.2) is 36.0 Å². The van der Waals surface area contributed by atoms with Gasteiger partial charge in [0.15, 0.2) is 10.8 Å². The van der Waals surface area contributed by atoms with Crippen LogP contribution in [0.1, 0.15) is 18.0 Å². The van der Waals surface area contributed by atoms with E-state index < -0.39 is 0 Å². The molecule has 1 aliphatic rings. The molecule has 0 saturated carbocycles. The number of carbonyl (C=O) groups excluding carboxylic acids is 1.